The van der Waals surface area contributed by atoms with Crippen LogP contribution in [-0.4, -0.2) is 34.1 Å². The SMILES string of the molecule is CCCN1CCC(n2c(=S)[nH]c3cccc(Cl)c32)CC1. The Labute approximate surface area is 129 Å². The fraction of sp³-hybridized carbons (Fsp3) is 0.533. The number of likely N-dealkylation sites (tertiary alicyclic amines) is 1. The number of imidazole rings is 1. The van der Waals surface area contributed by atoms with Gasteiger partial charge >= 0.3 is 0 Å². The normalized spacial score (nSPS) is 17.9. The summed E-state index contributed by atoms with van der Waals surface area (Å²) in [5.41, 5.74) is 2.10. The van der Waals surface area contributed by atoms with Crippen molar-refractivity contribution >= 4 is 34.9 Å². The standard InChI is InChI=1S/C15H20ClN3S/c1-2-8-18-9-6-11(7-10-18)19-14-12(16)4-3-5-13(14)17-15(19)20/h3-5,11H,2,6-10H2,1H3,(H,17,20). The van der Waals surface area contributed by atoms with Gasteiger partial charge in [-0.05, 0) is 50.2 Å². The molecule has 3 nitrogen and oxygen atoms in total. The van der Waals surface area contributed by atoms with Gasteiger partial charge in [-0.1, -0.05) is 24.6 Å². The molecule has 0 spiro atoms. The van der Waals surface area contributed by atoms with Gasteiger partial charge in [-0.15, -0.1) is 0 Å². The van der Waals surface area contributed by atoms with Crippen molar-refractivity contribution < 1.29 is 0 Å². The molecule has 5 heteroatoms. The van der Waals surface area contributed by atoms with E-state index in [1.807, 2.05) is 18.2 Å². The van der Waals surface area contributed by atoms with Gasteiger partial charge in [-0.3, -0.25) is 0 Å². The first kappa shape index (κ1) is 14.1. The summed E-state index contributed by atoms with van der Waals surface area (Å²) in [6.45, 7) is 5.74. The molecular formula is C15H20ClN3S. The van der Waals surface area contributed by atoms with Crippen molar-refractivity contribution in [2.75, 3.05) is 19.6 Å². The first-order valence-corrected chi connectivity index (χ1v) is 8.10. The Morgan fingerprint density at radius 1 is 1.35 bits per heavy atom. The average Bonchev–Trinajstić information content (AvgIpc) is 2.78. The largest absolute Gasteiger partial charge is 0.331 e. The zero-order valence-electron chi connectivity index (χ0n) is 11.7. The molecule has 1 aromatic carbocycles. The van der Waals surface area contributed by atoms with Gasteiger partial charge in [0, 0.05) is 19.1 Å². The molecule has 0 atom stereocenters. The number of hydrogen-bond donors (Lipinski definition) is 1. The highest BCUT2D eigenvalue weighted by Gasteiger charge is 2.22. The van der Waals surface area contributed by atoms with Gasteiger partial charge in [0.15, 0.2) is 4.77 Å². The number of aromatic amines is 1. The third-order valence-corrected chi connectivity index (χ3v) is 4.75. The molecule has 1 aliphatic heterocycles. The highest BCUT2D eigenvalue weighted by Crippen LogP contribution is 2.31. The van der Waals surface area contributed by atoms with Gasteiger partial charge in [-0.25, -0.2) is 0 Å². The molecule has 2 aromatic rings. The Balaban J connectivity index is 1.92. The summed E-state index contributed by atoms with van der Waals surface area (Å²) in [7, 11) is 0. The van der Waals surface area contributed by atoms with E-state index in [0.717, 1.165) is 46.8 Å². The third kappa shape index (κ3) is 2.52. The Morgan fingerprint density at radius 3 is 2.80 bits per heavy atom. The first-order chi connectivity index (χ1) is 9.70. The Morgan fingerprint density at radius 2 is 2.10 bits per heavy atom. The fourth-order valence-corrected chi connectivity index (χ4v) is 3.82. The van der Waals surface area contributed by atoms with Crippen LogP contribution in [0.2, 0.25) is 5.02 Å². The predicted molar refractivity (Wildman–Crippen MR) is 87.1 cm³/mol. The molecule has 1 aromatic heterocycles. The van der Waals surface area contributed by atoms with Crippen LogP contribution in [0.5, 0.6) is 0 Å². The lowest BCUT2D eigenvalue weighted by Crippen LogP contribution is -2.35. The molecule has 1 aliphatic rings. The molecular weight excluding hydrogens is 290 g/mol. The molecule has 1 N–H and O–H groups in total. The number of piperidine rings is 1. The second-order valence-electron chi connectivity index (χ2n) is 5.51. The molecule has 0 saturated carbocycles. The fourth-order valence-electron chi connectivity index (χ4n) is 3.20. The summed E-state index contributed by atoms with van der Waals surface area (Å²) in [5, 5.41) is 0.783. The van der Waals surface area contributed by atoms with Gasteiger partial charge in [0.1, 0.15) is 0 Å². The quantitative estimate of drug-likeness (QED) is 0.850. The average molecular weight is 310 g/mol. The van der Waals surface area contributed by atoms with Gasteiger partial charge in [-0.2, -0.15) is 0 Å². The summed E-state index contributed by atoms with van der Waals surface area (Å²) in [5.74, 6) is 0. The number of halogens is 1. The summed E-state index contributed by atoms with van der Waals surface area (Å²) in [6.07, 6.45) is 3.52. The van der Waals surface area contributed by atoms with Crippen LogP contribution in [0.4, 0.5) is 0 Å². The third-order valence-electron chi connectivity index (χ3n) is 4.15. The van der Waals surface area contributed by atoms with Gasteiger partial charge in [0.05, 0.1) is 16.1 Å². The number of benzene rings is 1. The van der Waals surface area contributed by atoms with Crippen LogP contribution in [0, 0.1) is 4.77 Å². The highest BCUT2D eigenvalue weighted by atomic mass is 35.5. The minimum Gasteiger partial charge on any atom is -0.331 e. The van der Waals surface area contributed by atoms with E-state index in [1.54, 1.807) is 0 Å². The Bertz CT molecular complexity index is 653. The van der Waals surface area contributed by atoms with Gasteiger partial charge in [0.25, 0.3) is 0 Å². The van der Waals surface area contributed by atoms with E-state index in [4.69, 9.17) is 23.8 Å². The minimum atomic E-state index is 0.462. The van der Waals surface area contributed by atoms with Gasteiger partial charge < -0.3 is 14.5 Å². The van der Waals surface area contributed by atoms with Crippen molar-refractivity contribution in [1.29, 1.82) is 0 Å². The van der Waals surface area contributed by atoms with Crippen molar-refractivity contribution in [3.8, 4) is 0 Å². The van der Waals surface area contributed by atoms with E-state index < -0.39 is 0 Å². The van der Waals surface area contributed by atoms with E-state index in [0.29, 0.717) is 6.04 Å². The number of fused-ring (bicyclic) bond motifs is 1. The molecule has 2 heterocycles. The topological polar surface area (TPSA) is 24.0 Å². The summed E-state index contributed by atoms with van der Waals surface area (Å²) < 4.78 is 3.03. The van der Waals surface area contributed by atoms with Crippen LogP contribution >= 0.6 is 23.8 Å². The Kier molecular flexibility index (Phi) is 4.15. The van der Waals surface area contributed by atoms with Crippen LogP contribution in [0.1, 0.15) is 32.2 Å². The molecule has 1 saturated heterocycles. The molecule has 1 fully saturated rings. The molecule has 3 rings (SSSR count). The number of H-pyrrole nitrogens is 1. The zero-order valence-corrected chi connectivity index (χ0v) is 13.3. The van der Waals surface area contributed by atoms with Crippen molar-refractivity contribution in [2.24, 2.45) is 0 Å². The highest BCUT2D eigenvalue weighted by molar-refractivity contribution is 7.71. The lowest BCUT2D eigenvalue weighted by Gasteiger charge is -2.32. The summed E-state index contributed by atoms with van der Waals surface area (Å²) in [4.78, 5) is 5.82. The lowest BCUT2D eigenvalue weighted by molar-refractivity contribution is 0.188. The molecule has 20 heavy (non-hydrogen) atoms. The van der Waals surface area contributed by atoms with E-state index in [1.165, 1.54) is 13.0 Å². The Hall–Kier alpha value is -0.840. The smallest absolute Gasteiger partial charge is 0.178 e. The number of para-hydroxylation sites is 1. The van der Waals surface area contributed by atoms with E-state index >= 15 is 0 Å². The number of hydrogen-bond acceptors (Lipinski definition) is 2. The van der Waals surface area contributed by atoms with E-state index in [2.05, 4.69) is 21.4 Å². The van der Waals surface area contributed by atoms with Crippen LogP contribution < -0.4 is 0 Å². The predicted octanol–water partition coefficient (Wildman–Crippen LogP) is 4.40. The van der Waals surface area contributed by atoms with Crippen molar-refractivity contribution in [3.63, 3.8) is 0 Å². The molecule has 0 amide bonds. The molecule has 0 radical (unpaired) electrons. The molecule has 108 valence electrons. The minimum absolute atomic E-state index is 0.462. The van der Waals surface area contributed by atoms with Crippen molar-refractivity contribution in [1.82, 2.24) is 14.5 Å². The van der Waals surface area contributed by atoms with Crippen LogP contribution in [0.15, 0.2) is 18.2 Å². The second kappa shape index (κ2) is 5.88. The van der Waals surface area contributed by atoms with Crippen molar-refractivity contribution in [3.05, 3.63) is 28.0 Å². The van der Waals surface area contributed by atoms with Crippen LogP contribution in [0.3, 0.4) is 0 Å². The zero-order chi connectivity index (χ0) is 14.1. The van der Waals surface area contributed by atoms with E-state index in [9.17, 15) is 0 Å². The van der Waals surface area contributed by atoms with Crippen LogP contribution in [0.25, 0.3) is 11.0 Å². The summed E-state index contributed by atoms with van der Waals surface area (Å²) in [6, 6.07) is 6.41. The maximum absolute atomic E-state index is 6.38. The first-order valence-electron chi connectivity index (χ1n) is 7.31. The summed E-state index contributed by atoms with van der Waals surface area (Å²) >= 11 is 11.9. The van der Waals surface area contributed by atoms with Crippen LogP contribution in [-0.2, 0) is 0 Å². The van der Waals surface area contributed by atoms with Crippen molar-refractivity contribution in [2.45, 2.75) is 32.2 Å². The molecule has 0 aliphatic carbocycles. The molecule has 0 bridgehead atoms. The lowest BCUT2D eigenvalue weighted by atomic mass is 10.0. The number of rotatable bonds is 3. The molecule has 0 unspecified atom stereocenters. The number of nitrogens with one attached hydrogen (secondary N) is 1. The van der Waals surface area contributed by atoms with E-state index in [-0.39, 0.29) is 0 Å². The maximum atomic E-state index is 6.38. The number of aromatic nitrogens is 2. The maximum Gasteiger partial charge on any atom is 0.178 e. The number of nitrogens with zero attached hydrogens (tertiary/aromatic N) is 2. The second-order valence-corrected chi connectivity index (χ2v) is 6.30. The monoisotopic (exact) mass is 309 g/mol. The van der Waals surface area contributed by atoms with Gasteiger partial charge in [0.2, 0.25) is 0 Å².